The molecule has 16 aromatic rings. The van der Waals surface area contributed by atoms with E-state index in [1.165, 1.54) is 122 Å². The third-order valence-corrected chi connectivity index (χ3v) is 25.3. The molecule has 2 aliphatic carbocycles. The predicted octanol–water partition coefficient (Wildman–Crippen LogP) is 31.1. The molecule has 2 unspecified atom stereocenters. The van der Waals surface area contributed by atoms with Crippen LogP contribution >= 0.6 is 0 Å². The first kappa shape index (κ1) is 77.9. The maximum atomic E-state index is 6.59. The van der Waals surface area contributed by atoms with Crippen molar-refractivity contribution < 1.29 is 9.47 Å². The van der Waals surface area contributed by atoms with E-state index in [1.807, 2.05) is 12.2 Å². The summed E-state index contributed by atoms with van der Waals surface area (Å²) in [6.07, 6.45) is 10.1. The van der Waals surface area contributed by atoms with Crippen molar-refractivity contribution in [1.29, 1.82) is 0 Å². The van der Waals surface area contributed by atoms with Crippen LogP contribution in [-0.2, 0) is 47.7 Å². The van der Waals surface area contributed by atoms with Crippen LogP contribution in [0, 0.1) is 0 Å². The second-order valence-corrected chi connectivity index (χ2v) is 34.8. The van der Waals surface area contributed by atoms with Crippen LogP contribution in [0.5, 0.6) is 11.5 Å². The summed E-state index contributed by atoms with van der Waals surface area (Å²) >= 11 is 0. The zero-order valence-electron chi connectivity index (χ0n) is 70.4. The van der Waals surface area contributed by atoms with Crippen LogP contribution in [0.3, 0.4) is 0 Å². The molecule has 0 fully saturated rings. The molecule has 0 spiro atoms. The number of fused-ring (bicyclic) bond motifs is 8. The summed E-state index contributed by atoms with van der Waals surface area (Å²) in [7, 11) is 0. The maximum absolute atomic E-state index is 6.59. The molecule has 16 aromatic carbocycles. The number of unbranched alkanes of at least 4 members (excludes halogenated alkanes) is 2. The molecule has 0 aromatic heterocycles. The van der Waals surface area contributed by atoms with Crippen molar-refractivity contribution in [2.24, 2.45) is 0 Å². The largest absolute Gasteiger partial charge is 0.489 e. The van der Waals surface area contributed by atoms with Crippen molar-refractivity contribution in [1.82, 2.24) is 0 Å². The lowest BCUT2D eigenvalue weighted by Crippen LogP contribution is -2.29. The monoisotopic (exact) mass is 1560 g/mol. The number of rotatable bonds is 25. The quantitative estimate of drug-likeness (QED) is 0.0569. The van der Waals surface area contributed by atoms with Gasteiger partial charge < -0.3 is 19.3 Å². The topological polar surface area (TPSA) is 24.9 Å². The zero-order valence-corrected chi connectivity index (χ0v) is 70.4. The molecule has 0 saturated heterocycles. The smallest absolute Gasteiger partial charge is 0.119 e. The van der Waals surface area contributed by atoms with Crippen LogP contribution in [0.1, 0.15) is 170 Å². The first-order chi connectivity index (χ1) is 58.5. The molecule has 0 bridgehead atoms. The lowest BCUT2D eigenvalue weighted by Gasteiger charge is -2.35. The molecular weight excluding hydrogens is 1450 g/mol. The highest BCUT2D eigenvalue weighted by molar-refractivity contribution is 6.14. The fourth-order valence-corrected chi connectivity index (χ4v) is 19.0. The van der Waals surface area contributed by atoms with Gasteiger partial charge in [-0.3, -0.25) is 0 Å². The Balaban J connectivity index is 0.800. The molecule has 120 heavy (non-hydrogen) atoms. The van der Waals surface area contributed by atoms with Gasteiger partial charge in [0.25, 0.3) is 0 Å². The van der Waals surface area contributed by atoms with Gasteiger partial charge in [-0.2, -0.15) is 0 Å². The van der Waals surface area contributed by atoms with Gasteiger partial charge in [-0.05, 0) is 255 Å². The molecule has 4 nitrogen and oxygen atoms in total. The number of benzene rings is 16. The van der Waals surface area contributed by atoms with Gasteiger partial charge in [0.05, 0.1) is 22.2 Å². The van der Waals surface area contributed by atoms with Crippen molar-refractivity contribution in [3.05, 3.63) is 454 Å². The number of ether oxygens (including phenoxy) is 2. The number of hydrogen-bond acceptors (Lipinski definition) is 4. The van der Waals surface area contributed by atoms with Crippen molar-refractivity contribution in [2.45, 2.75) is 129 Å². The van der Waals surface area contributed by atoms with Crippen LogP contribution in [0.2, 0.25) is 0 Å². The summed E-state index contributed by atoms with van der Waals surface area (Å²) in [5, 5.41) is 4.79. The number of nitrogens with zero attached hydrogens (tertiary/aromatic N) is 2. The second-order valence-electron chi connectivity index (χ2n) is 34.8. The van der Waals surface area contributed by atoms with Crippen LogP contribution in [0.25, 0.3) is 67.1 Å². The van der Waals surface area contributed by atoms with Gasteiger partial charge in [-0.25, -0.2) is 0 Å². The molecule has 18 rings (SSSR count). The summed E-state index contributed by atoms with van der Waals surface area (Å²) in [5.74, 6) is 1.64. The molecular formula is C116H104N2O2. The summed E-state index contributed by atoms with van der Waals surface area (Å²) in [6, 6.07) is 133. The third-order valence-electron chi connectivity index (χ3n) is 25.3. The third kappa shape index (κ3) is 14.3. The molecule has 0 N–H and O–H groups in total. The Bertz CT molecular complexity index is 6050. The Labute approximate surface area is 710 Å². The van der Waals surface area contributed by atoms with E-state index in [0.29, 0.717) is 13.2 Å². The van der Waals surface area contributed by atoms with E-state index in [9.17, 15) is 0 Å². The van der Waals surface area contributed by atoms with Gasteiger partial charge in [0, 0.05) is 33.5 Å². The van der Waals surface area contributed by atoms with Crippen LogP contribution in [0.4, 0.5) is 34.1 Å². The predicted molar refractivity (Wildman–Crippen MR) is 507 cm³/mol. The second kappa shape index (κ2) is 32.6. The van der Waals surface area contributed by atoms with Gasteiger partial charge in [0.2, 0.25) is 0 Å². The van der Waals surface area contributed by atoms with Crippen LogP contribution < -0.4 is 19.3 Å². The van der Waals surface area contributed by atoms with E-state index in [4.69, 9.17) is 9.47 Å². The summed E-state index contributed by atoms with van der Waals surface area (Å²) < 4.78 is 13.2. The van der Waals surface area contributed by atoms with Gasteiger partial charge in [0.1, 0.15) is 24.7 Å². The fraction of sp³-hybridized carbons (Fsp3) is 0.172. The Morgan fingerprint density at radius 1 is 0.292 bits per heavy atom. The Kier molecular flexibility index (Phi) is 21.1. The van der Waals surface area contributed by atoms with E-state index in [-0.39, 0.29) is 10.8 Å². The minimum atomic E-state index is -0.710. The first-order valence-corrected chi connectivity index (χ1v) is 43.0. The molecule has 0 heterocycles. The van der Waals surface area contributed by atoms with Crippen molar-refractivity contribution >= 4 is 67.8 Å². The lowest BCUT2D eigenvalue weighted by atomic mass is 9.67. The zero-order chi connectivity index (χ0) is 82.3. The average Bonchev–Trinajstić information content (AvgIpc) is 1.53. The summed E-state index contributed by atoms with van der Waals surface area (Å²) in [4.78, 5) is 5.05. The molecule has 4 heteroatoms. The van der Waals surface area contributed by atoms with E-state index < -0.39 is 10.8 Å². The molecule has 0 saturated carbocycles. The van der Waals surface area contributed by atoms with Crippen LogP contribution in [-0.4, -0.2) is 0 Å². The molecule has 2 aliphatic rings. The van der Waals surface area contributed by atoms with Crippen molar-refractivity contribution in [3.63, 3.8) is 0 Å². The summed E-state index contributed by atoms with van der Waals surface area (Å²) in [5.41, 5.74) is 31.7. The maximum Gasteiger partial charge on any atom is 0.119 e. The van der Waals surface area contributed by atoms with Gasteiger partial charge in [-0.15, -0.1) is 0 Å². The minimum absolute atomic E-state index is 0.0416. The number of hydrogen-bond donors (Lipinski definition) is 0. The van der Waals surface area contributed by atoms with E-state index in [1.54, 1.807) is 0 Å². The molecule has 0 aliphatic heterocycles. The highest BCUT2D eigenvalue weighted by atomic mass is 16.5. The number of para-hydroxylation sites is 2. The van der Waals surface area contributed by atoms with Gasteiger partial charge in [-0.1, -0.05) is 360 Å². The number of anilines is 6. The Morgan fingerprint density at radius 2 is 0.625 bits per heavy atom. The van der Waals surface area contributed by atoms with E-state index >= 15 is 0 Å². The molecule has 590 valence electrons. The normalized spacial score (nSPS) is 14.6. The molecule has 2 atom stereocenters. The first-order valence-electron chi connectivity index (χ1n) is 43.0. The van der Waals surface area contributed by atoms with Crippen LogP contribution in [0.15, 0.2) is 365 Å². The fourth-order valence-electron chi connectivity index (χ4n) is 19.0. The SMILES string of the molecule is C=Cc1ccc(COc2ccc(C3(c4ccc(C(C)(C)C)cc4)c4ccccc4-c4ccc(N(c5ccccc5)c5ccc(-c6ccc(N(c7ccccc7)c7ccc8c(c7)C(c7ccc(OCc9ccc(C=C)cc9)cc7)(c7ccc(C(C)(C)C)cc7)c7ccccc7-8)c7ccc(CCCC)cc67)c6cc(CCCC)ccc56)cc43)cc2)cc1. The average molecular weight is 1560 g/mol. The standard InChI is InChI=1S/C116H104N2O2/c1-11-15-27-81-45-65-103-105(73-81)97(69-71-111(103)117(91-29-19-17-20-30-91)93-59-67-101-99-33-23-25-35-107(99)115(109(101)75-93,87-51-47-85(48-52-87)113(5,6)7)89-55-61-95(62-56-89)119-77-83-41-37-79(13-3)38-42-83)98-70-72-112(104-66-46-82(28-16-12-2)74-106(98)104)118(92-31-21-18-22-32-92)94-60-68-102-100-34-24-26-36-108(100)116(110(102)76-94,88-53-49-86(50-54-88)114(8,9)10)90-57-63-96(64-58-90)120-78-84-43-39-80(14-4)40-44-84/h13-14,17-26,29-76H,3-4,11-12,15-16,27-28,77-78H2,1-2,5-10H3. The van der Waals surface area contributed by atoms with E-state index in [0.717, 1.165) is 106 Å². The number of aryl methyl sites for hydroxylation is 2. The highest BCUT2D eigenvalue weighted by Gasteiger charge is 2.49. The highest BCUT2D eigenvalue weighted by Crippen LogP contribution is 2.61. The molecule has 0 radical (unpaired) electrons. The summed E-state index contributed by atoms with van der Waals surface area (Å²) in [6.45, 7) is 27.3. The molecule has 0 amide bonds. The van der Waals surface area contributed by atoms with Crippen molar-refractivity contribution in [3.8, 4) is 44.9 Å². The lowest BCUT2D eigenvalue weighted by molar-refractivity contribution is 0.306. The van der Waals surface area contributed by atoms with E-state index in [2.05, 4.69) is 430 Å². The Hall–Kier alpha value is -13.3. The minimum Gasteiger partial charge on any atom is -0.489 e. The van der Waals surface area contributed by atoms with Gasteiger partial charge >= 0.3 is 0 Å². The van der Waals surface area contributed by atoms with Crippen molar-refractivity contribution in [2.75, 3.05) is 9.80 Å². The Morgan fingerprint density at radius 3 is 0.983 bits per heavy atom. The van der Waals surface area contributed by atoms with Gasteiger partial charge in [0.15, 0.2) is 0 Å².